The second-order valence-corrected chi connectivity index (χ2v) is 8.90. The minimum atomic E-state index is -3.08. The van der Waals surface area contributed by atoms with Crippen molar-refractivity contribution in [3.63, 3.8) is 0 Å². The number of likely N-dealkylation sites (tertiary alicyclic amines) is 1. The summed E-state index contributed by atoms with van der Waals surface area (Å²) in [5, 5.41) is 2.62. The van der Waals surface area contributed by atoms with E-state index in [0.29, 0.717) is 36.2 Å². The molecule has 1 aliphatic rings. The van der Waals surface area contributed by atoms with Gasteiger partial charge in [0.25, 0.3) is 0 Å². The van der Waals surface area contributed by atoms with Gasteiger partial charge in [-0.1, -0.05) is 19.9 Å². The first-order valence-corrected chi connectivity index (χ1v) is 11.4. The monoisotopic (exact) mass is 525 g/mol. The minimum Gasteiger partial charge on any atom is -0.431 e. The number of halogens is 3. The number of rotatable bonds is 6. The van der Waals surface area contributed by atoms with E-state index in [-0.39, 0.29) is 29.4 Å². The molecule has 0 spiro atoms. The molecule has 1 N–H and O–H groups in total. The van der Waals surface area contributed by atoms with Crippen molar-refractivity contribution in [2.45, 2.75) is 52.2 Å². The van der Waals surface area contributed by atoms with Crippen LogP contribution in [0.4, 0.5) is 25.2 Å². The third-order valence-corrected chi connectivity index (χ3v) is 5.86. The first kappa shape index (κ1) is 24.8. The van der Waals surface area contributed by atoms with E-state index in [1.807, 2.05) is 19.9 Å². The predicted octanol–water partition coefficient (Wildman–Crippen LogP) is 5.01. The number of carbonyl (C=O) groups is 2. The lowest BCUT2D eigenvalue weighted by Crippen LogP contribution is -2.50. The topological polar surface area (TPSA) is 87.7 Å². The van der Waals surface area contributed by atoms with Gasteiger partial charge in [0.15, 0.2) is 11.6 Å². The van der Waals surface area contributed by atoms with Gasteiger partial charge in [0.2, 0.25) is 5.91 Å². The number of aromatic nitrogens is 2. The Labute approximate surface area is 199 Å². The van der Waals surface area contributed by atoms with Gasteiger partial charge in [0.05, 0.1) is 0 Å². The van der Waals surface area contributed by atoms with Crippen molar-refractivity contribution >= 4 is 39.5 Å². The summed E-state index contributed by atoms with van der Waals surface area (Å²) in [5.41, 5.74) is 0.870. The Balaban J connectivity index is 1.95. The highest BCUT2D eigenvalue weighted by Crippen LogP contribution is 2.32. The molecule has 178 valence electrons. The van der Waals surface area contributed by atoms with Crippen LogP contribution in [-0.4, -0.2) is 52.5 Å². The Morgan fingerprint density at radius 1 is 1.27 bits per heavy atom. The molecule has 2 aromatic heterocycles. The zero-order chi connectivity index (χ0) is 24.1. The fraction of sp³-hybridized carbons (Fsp3) is 0.455. The van der Waals surface area contributed by atoms with E-state index in [9.17, 15) is 18.4 Å². The van der Waals surface area contributed by atoms with Gasteiger partial charge >= 0.3 is 12.6 Å². The number of pyridine rings is 2. The molecular formula is C22H26BrF2N5O3. The molecule has 0 radical (unpaired) electrons. The molecule has 33 heavy (non-hydrogen) atoms. The van der Waals surface area contributed by atoms with E-state index in [0.717, 1.165) is 5.56 Å². The number of carbonyl (C=O) groups excluding carboxylic acids is 2. The SMILES string of the molecule is CC(=O)N1CCC(N(C(=O)Nc2ncc(Br)cc2OC(F)F)c2ncccc2C(C)C)CC1. The van der Waals surface area contributed by atoms with Crippen LogP contribution in [0.25, 0.3) is 0 Å². The van der Waals surface area contributed by atoms with Gasteiger partial charge in [-0.15, -0.1) is 0 Å². The van der Waals surface area contributed by atoms with Crippen LogP contribution < -0.4 is 15.0 Å². The number of nitrogens with zero attached hydrogens (tertiary/aromatic N) is 4. The number of hydrogen-bond donors (Lipinski definition) is 1. The van der Waals surface area contributed by atoms with Gasteiger partial charge in [0.1, 0.15) is 5.82 Å². The number of hydrogen-bond acceptors (Lipinski definition) is 5. The largest absolute Gasteiger partial charge is 0.431 e. The third kappa shape index (κ3) is 6.16. The van der Waals surface area contributed by atoms with Crippen molar-refractivity contribution in [3.05, 3.63) is 40.6 Å². The van der Waals surface area contributed by atoms with E-state index in [4.69, 9.17) is 0 Å². The zero-order valence-corrected chi connectivity index (χ0v) is 20.2. The Bertz CT molecular complexity index is 1000. The summed E-state index contributed by atoms with van der Waals surface area (Å²) in [6.45, 7) is 3.45. The van der Waals surface area contributed by atoms with Gasteiger partial charge in [-0.25, -0.2) is 14.8 Å². The van der Waals surface area contributed by atoms with Crippen molar-refractivity contribution < 1.29 is 23.1 Å². The Morgan fingerprint density at radius 3 is 2.58 bits per heavy atom. The van der Waals surface area contributed by atoms with Gasteiger partial charge < -0.3 is 9.64 Å². The van der Waals surface area contributed by atoms with Crippen LogP contribution in [0.3, 0.4) is 0 Å². The van der Waals surface area contributed by atoms with Crippen LogP contribution in [0, 0.1) is 0 Å². The van der Waals surface area contributed by atoms with Crippen LogP contribution in [-0.2, 0) is 4.79 Å². The number of piperidine rings is 1. The molecule has 3 heterocycles. The zero-order valence-electron chi connectivity index (χ0n) is 18.6. The molecule has 1 aliphatic heterocycles. The van der Waals surface area contributed by atoms with Crippen molar-refractivity contribution in [2.75, 3.05) is 23.3 Å². The van der Waals surface area contributed by atoms with Crippen LogP contribution in [0.1, 0.15) is 45.1 Å². The molecule has 0 unspecified atom stereocenters. The maximum atomic E-state index is 13.5. The first-order chi connectivity index (χ1) is 15.7. The summed E-state index contributed by atoms with van der Waals surface area (Å²) in [6.07, 6.45) is 4.09. The number of urea groups is 1. The molecule has 0 saturated carbocycles. The maximum absolute atomic E-state index is 13.5. The van der Waals surface area contributed by atoms with Gasteiger partial charge in [0, 0.05) is 49.0 Å². The number of anilines is 2. The fourth-order valence-electron chi connectivity index (χ4n) is 3.80. The molecule has 0 atom stereocenters. The highest BCUT2D eigenvalue weighted by molar-refractivity contribution is 9.10. The molecule has 1 saturated heterocycles. The lowest BCUT2D eigenvalue weighted by Gasteiger charge is -2.38. The second kappa shape index (κ2) is 10.9. The first-order valence-electron chi connectivity index (χ1n) is 10.6. The van der Waals surface area contributed by atoms with E-state index in [1.165, 1.54) is 19.2 Å². The Morgan fingerprint density at radius 2 is 1.97 bits per heavy atom. The summed E-state index contributed by atoms with van der Waals surface area (Å²) in [4.78, 5) is 37.1. The molecule has 2 aromatic rings. The van der Waals surface area contributed by atoms with E-state index in [2.05, 4.69) is 36.0 Å². The van der Waals surface area contributed by atoms with Crippen LogP contribution in [0.5, 0.6) is 5.75 Å². The molecule has 3 amide bonds. The average Bonchev–Trinajstić information content (AvgIpc) is 2.76. The standard InChI is InChI=1S/C22H26BrF2N5O3/c1-13(2)17-5-4-8-26-20(17)30(16-6-9-29(10-7-16)14(3)31)22(32)28-19-18(33-21(24)25)11-15(23)12-27-19/h4-5,8,11-13,16,21H,6-7,9-10H2,1-3H3,(H,27,28,32). The number of amides is 3. The molecule has 0 bridgehead atoms. The highest BCUT2D eigenvalue weighted by atomic mass is 79.9. The second-order valence-electron chi connectivity index (χ2n) is 7.99. The normalized spacial score (nSPS) is 14.5. The average molecular weight is 526 g/mol. The number of nitrogens with one attached hydrogen (secondary N) is 1. The highest BCUT2D eigenvalue weighted by Gasteiger charge is 2.33. The quantitative estimate of drug-likeness (QED) is 0.572. The van der Waals surface area contributed by atoms with E-state index >= 15 is 0 Å². The molecule has 8 nitrogen and oxygen atoms in total. The lowest BCUT2D eigenvalue weighted by molar-refractivity contribution is -0.129. The molecule has 0 aliphatic carbocycles. The molecule has 11 heteroatoms. The van der Waals surface area contributed by atoms with E-state index < -0.39 is 12.6 Å². The van der Waals surface area contributed by atoms with Crippen LogP contribution >= 0.6 is 15.9 Å². The van der Waals surface area contributed by atoms with Crippen molar-refractivity contribution in [1.82, 2.24) is 14.9 Å². The summed E-state index contributed by atoms with van der Waals surface area (Å²) >= 11 is 3.17. The van der Waals surface area contributed by atoms with Crippen molar-refractivity contribution in [2.24, 2.45) is 0 Å². The smallest absolute Gasteiger partial charge is 0.387 e. The van der Waals surface area contributed by atoms with Crippen LogP contribution in [0.15, 0.2) is 35.1 Å². The Hall–Kier alpha value is -2.82. The lowest BCUT2D eigenvalue weighted by atomic mass is 9.99. The molecular weight excluding hydrogens is 500 g/mol. The Kier molecular flexibility index (Phi) is 8.17. The number of ether oxygens (including phenoxy) is 1. The van der Waals surface area contributed by atoms with E-state index in [1.54, 1.807) is 22.1 Å². The third-order valence-electron chi connectivity index (χ3n) is 5.42. The maximum Gasteiger partial charge on any atom is 0.387 e. The summed E-state index contributed by atoms with van der Waals surface area (Å²) in [6, 6.07) is 4.21. The van der Waals surface area contributed by atoms with Gasteiger partial charge in [-0.3, -0.25) is 15.0 Å². The van der Waals surface area contributed by atoms with Gasteiger partial charge in [-0.05, 0) is 46.3 Å². The molecule has 3 rings (SSSR count). The summed E-state index contributed by atoms with van der Waals surface area (Å²) < 4.78 is 30.8. The van der Waals surface area contributed by atoms with Crippen molar-refractivity contribution in [1.29, 1.82) is 0 Å². The summed E-state index contributed by atoms with van der Waals surface area (Å²) in [5.74, 6) is 0.170. The van der Waals surface area contributed by atoms with Crippen LogP contribution in [0.2, 0.25) is 0 Å². The predicted molar refractivity (Wildman–Crippen MR) is 124 cm³/mol. The minimum absolute atomic E-state index is 0.0157. The van der Waals surface area contributed by atoms with Crippen molar-refractivity contribution in [3.8, 4) is 5.75 Å². The molecule has 1 fully saturated rings. The fourth-order valence-corrected chi connectivity index (χ4v) is 4.11. The van der Waals surface area contributed by atoms with Gasteiger partial charge in [-0.2, -0.15) is 8.78 Å². The molecule has 0 aromatic carbocycles. The number of alkyl halides is 2. The summed E-state index contributed by atoms with van der Waals surface area (Å²) in [7, 11) is 0.